The SMILES string of the molecule is O=C(N[C@@H](CC1CC1)C(=O)O)c1ccc(Cl)cc1. The first-order valence-corrected chi connectivity index (χ1v) is 6.23. The third-order valence-electron chi connectivity index (χ3n) is 2.98. The second-order valence-corrected chi connectivity index (χ2v) is 4.99. The van der Waals surface area contributed by atoms with Crippen LogP contribution in [-0.2, 0) is 4.79 Å². The first-order chi connectivity index (χ1) is 8.56. The van der Waals surface area contributed by atoms with Gasteiger partial charge in [0, 0.05) is 10.6 Å². The molecule has 1 fully saturated rings. The maximum absolute atomic E-state index is 11.9. The van der Waals surface area contributed by atoms with Gasteiger partial charge >= 0.3 is 5.97 Å². The summed E-state index contributed by atoms with van der Waals surface area (Å²) in [5.74, 6) is -0.916. The zero-order valence-electron chi connectivity index (χ0n) is 9.73. The van der Waals surface area contributed by atoms with Gasteiger partial charge in [0.05, 0.1) is 0 Å². The third-order valence-corrected chi connectivity index (χ3v) is 3.23. The van der Waals surface area contributed by atoms with Crippen LogP contribution in [0.5, 0.6) is 0 Å². The van der Waals surface area contributed by atoms with Gasteiger partial charge in [-0.25, -0.2) is 4.79 Å². The van der Waals surface area contributed by atoms with E-state index in [0.29, 0.717) is 22.9 Å². The molecule has 4 nitrogen and oxygen atoms in total. The van der Waals surface area contributed by atoms with E-state index in [4.69, 9.17) is 16.7 Å². The van der Waals surface area contributed by atoms with Crippen LogP contribution in [0.2, 0.25) is 5.02 Å². The van der Waals surface area contributed by atoms with E-state index in [1.807, 2.05) is 0 Å². The largest absolute Gasteiger partial charge is 0.480 e. The second kappa shape index (κ2) is 5.40. The summed E-state index contributed by atoms with van der Waals surface area (Å²) in [6.45, 7) is 0. The highest BCUT2D eigenvalue weighted by molar-refractivity contribution is 6.30. The molecule has 96 valence electrons. The molecule has 2 rings (SSSR count). The highest BCUT2D eigenvalue weighted by atomic mass is 35.5. The smallest absolute Gasteiger partial charge is 0.326 e. The van der Waals surface area contributed by atoms with Crippen LogP contribution in [0.1, 0.15) is 29.6 Å². The molecule has 1 aliphatic carbocycles. The number of carbonyl (C=O) groups excluding carboxylic acids is 1. The maximum Gasteiger partial charge on any atom is 0.326 e. The molecular weight excluding hydrogens is 254 g/mol. The lowest BCUT2D eigenvalue weighted by atomic mass is 10.1. The third kappa shape index (κ3) is 3.47. The van der Waals surface area contributed by atoms with Gasteiger partial charge in [0.25, 0.3) is 5.91 Å². The van der Waals surface area contributed by atoms with Crippen molar-refractivity contribution in [3.05, 3.63) is 34.9 Å². The topological polar surface area (TPSA) is 66.4 Å². The predicted molar refractivity (Wildman–Crippen MR) is 67.7 cm³/mol. The van der Waals surface area contributed by atoms with Crippen LogP contribution >= 0.6 is 11.6 Å². The Morgan fingerprint density at radius 1 is 1.33 bits per heavy atom. The summed E-state index contributed by atoms with van der Waals surface area (Å²) in [7, 11) is 0. The number of carboxylic acid groups (broad SMARTS) is 1. The molecule has 5 heteroatoms. The van der Waals surface area contributed by atoms with E-state index in [9.17, 15) is 9.59 Å². The highest BCUT2D eigenvalue weighted by Crippen LogP contribution is 2.33. The lowest BCUT2D eigenvalue weighted by Gasteiger charge is -2.14. The van der Waals surface area contributed by atoms with Gasteiger partial charge in [0.2, 0.25) is 0 Å². The standard InChI is InChI=1S/C13H14ClNO3/c14-10-5-3-9(4-6-10)12(16)15-11(13(17)18)7-8-1-2-8/h3-6,8,11H,1-2,7H2,(H,15,16)(H,17,18)/t11-/m0/s1. The summed E-state index contributed by atoms with van der Waals surface area (Å²) in [5, 5.41) is 12.1. The van der Waals surface area contributed by atoms with Crippen LogP contribution in [-0.4, -0.2) is 23.0 Å². The van der Waals surface area contributed by atoms with Crippen LogP contribution in [0.25, 0.3) is 0 Å². The fourth-order valence-corrected chi connectivity index (χ4v) is 1.88. The van der Waals surface area contributed by atoms with Crippen LogP contribution in [0.4, 0.5) is 0 Å². The minimum Gasteiger partial charge on any atom is -0.480 e. The van der Waals surface area contributed by atoms with Gasteiger partial charge in [-0.3, -0.25) is 4.79 Å². The molecule has 1 saturated carbocycles. The Kier molecular flexibility index (Phi) is 3.87. The summed E-state index contributed by atoms with van der Waals surface area (Å²) in [6.07, 6.45) is 2.62. The number of carbonyl (C=O) groups is 2. The maximum atomic E-state index is 11.9. The number of benzene rings is 1. The molecule has 18 heavy (non-hydrogen) atoms. The summed E-state index contributed by atoms with van der Waals surface area (Å²) in [6, 6.07) is 5.56. The fourth-order valence-electron chi connectivity index (χ4n) is 1.75. The minimum absolute atomic E-state index is 0.375. The first kappa shape index (κ1) is 12.9. The number of hydrogen-bond acceptors (Lipinski definition) is 2. The van der Waals surface area contributed by atoms with E-state index in [1.54, 1.807) is 24.3 Å². The van der Waals surface area contributed by atoms with E-state index in [2.05, 4.69) is 5.32 Å². The number of amides is 1. The molecule has 1 aromatic rings. The van der Waals surface area contributed by atoms with Crippen molar-refractivity contribution in [2.24, 2.45) is 5.92 Å². The lowest BCUT2D eigenvalue weighted by molar-refractivity contribution is -0.139. The molecular formula is C13H14ClNO3. The number of rotatable bonds is 5. The summed E-state index contributed by atoms with van der Waals surface area (Å²) in [5.41, 5.74) is 0.418. The molecule has 1 amide bonds. The number of aliphatic carboxylic acids is 1. The summed E-state index contributed by atoms with van der Waals surface area (Å²) >= 11 is 5.72. The zero-order valence-corrected chi connectivity index (χ0v) is 10.5. The van der Waals surface area contributed by atoms with Crippen LogP contribution in [0.3, 0.4) is 0 Å². The number of halogens is 1. The van der Waals surface area contributed by atoms with E-state index in [0.717, 1.165) is 12.8 Å². The van der Waals surface area contributed by atoms with E-state index in [-0.39, 0.29) is 5.91 Å². The van der Waals surface area contributed by atoms with Gasteiger partial charge in [-0.2, -0.15) is 0 Å². The van der Waals surface area contributed by atoms with E-state index >= 15 is 0 Å². The Morgan fingerprint density at radius 2 is 1.94 bits per heavy atom. The van der Waals surface area contributed by atoms with Crippen molar-refractivity contribution in [3.63, 3.8) is 0 Å². The Morgan fingerprint density at radius 3 is 2.44 bits per heavy atom. The predicted octanol–water partition coefficient (Wildman–Crippen LogP) is 2.32. The molecule has 0 bridgehead atoms. The molecule has 0 radical (unpaired) electrons. The number of nitrogens with one attached hydrogen (secondary N) is 1. The molecule has 0 spiro atoms. The van der Waals surface area contributed by atoms with Crippen molar-refractivity contribution in [2.75, 3.05) is 0 Å². The number of hydrogen-bond donors (Lipinski definition) is 2. The van der Waals surface area contributed by atoms with Gasteiger partial charge < -0.3 is 10.4 Å². The molecule has 1 atom stereocenters. The monoisotopic (exact) mass is 267 g/mol. The quantitative estimate of drug-likeness (QED) is 0.860. The lowest BCUT2D eigenvalue weighted by Crippen LogP contribution is -2.41. The Bertz CT molecular complexity index is 454. The molecule has 0 unspecified atom stereocenters. The first-order valence-electron chi connectivity index (χ1n) is 5.85. The van der Waals surface area contributed by atoms with E-state index < -0.39 is 12.0 Å². The molecule has 0 saturated heterocycles. The Labute approximate surface area is 110 Å². The minimum atomic E-state index is -0.982. The van der Waals surface area contributed by atoms with Gasteiger partial charge in [0.15, 0.2) is 0 Å². The van der Waals surface area contributed by atoms with Gasteiger partial charge in [-0.15, -0.1) is 0 Å². The fraction of sp³-hybridized carbons (Fsp3) is 0.385. The van der Waals surface area contributed by atoms with Crippen LogP contribution in [0.15, 0.2) is 24.3 Å². The molecule has 0 heterocycles. The Hall–Kier alpha value is -1.55. The van der Waals surface area contributed by atoms with Gasteiger partial charge in [0.1, 0.15) is 6.04 Å². The second-order valence-electron chi connectivity index (χ2n) is 4.55. The summed E-state index contributed by atoms with van der Waals surface area (Å²) < 4.78 is 0. The zero-order chi connectivity index (χ0) is 13.1. The van der Waals surface area contributed by atoms with Crippen LogP contribution in [0, 0.1) is 5.92 Å². The highest BCUT2D eigenvalue weighted by Gasteiger charge is 2.30. The van der Waals surface area contributed by atoms with Crippen molar-refractivity contribution < 1.29 is 14.7 Å². The summed E-state index contributed by atoms with van der Waals surface area (Å²) in [4.78, 5) is 22.9. The normalized spacial score (nSPS) is 16.1. The van der Waals surface area contributed by atoms with Crippen molar-refractivity contribution in [3.8, 4) is 0 Å². The van der Waals surface area contributed by atoms with Crippen molar-refractivity contribution >= 4 is 23.5 Å². The average Bonchev–Trinajstić information content (AvgIpc) is 3.12. The van der Waals surface area contributed by atoms with Crippen molar-refractivity contribution in [2.45, 2.75) is 25.3 Å². The Balaban J connectivity index is 1.99. The molecule has 1 aromatic carbocycles. The van der Waals surface area contributed by atoms with Crippen molar-refractivity contribution in [1.29, 1.82) is 0 Å². The van der Waals surface area contributed by atoms with Crippen LogP contribution < -0.4 is 5.32 Å². The van der Waals surface area contributed by atoms with Crippen molar-refractivity contribution in [1.82, 2.24) is 5.32 Å². The average molecular weight is 268 g/mol. The molecule has 1 aliphatic rings. The van der Waals surface area contributed by atoms with Gasteiger partial charge in [-0.1, -0.05) is 24.4 Å². The molecule has 0 aliphatic heterocycles. The number of carboxylic acids is 1. The molecule has 0 aromatic heterocycles. The van der Waals surface area contributed by atoms with E-state index in [1.165, 1.54) is 0 Å². The van der Waals surface area contributed by atoms with Gasteiger partial charge in [-0.05, 0) is 36.6 Å². The molecule has 2 N–H and O–H groups in total.